The Morgan fingerprint density at radius 3 is 2.06 bits per heavy atom. The molecule has 0 aliphatic heterocycles. The topological polar surface area (TPSA) is 0 Å². The molecule has 0 nitrogen and oxygen atoms in total. The lowest BCUT2D eigenvalue weighted by atomic mass is 9.79. The molecule has 4 rings (SSSR count). The van der Waals surface area contributed by atoms with Crippen LogP contribution in [-0.2, 0) is 23.4 Å². The van der Waals surface area contributed by atoms with Gasteiger partial charge in [-0.1, -0.05) is 96.1 Å². The van der Waals surface area contributed by atoms with E-state index < -0.39 is 0 Å². The van der Waals surface area contributed by atoms with E-state index in [4.69, 9.17) is 0 Å². The van der Waals surface area contributed by atoms with Crippen molar-refractivity contribution in [3.8, 4) is 22.3 Å². The van der Waals surface area contributed by atoms with Crippen molar-refractivity contribution in [3.05, 3.63) is 82.4 Å². The van der Waals surface area contributed by atoms with Crippen molar-refractivity contribution in [2.75, 3.05) is 13.3 Å². The largest absolute Gasteiger partial charge is 0.109 e. The molecule has 1 aliphatic carbocycles. The van der Waals surface area contributed by atoms with E-state index in [1.807, 2.05) is 0 Å². The molecular weight excluding hydrogens is 391 g/mol. The second kappa shape index (κ2) is 7.90. The molecule has 0 heterocycles. The fourth-order valence-electron chi connectivity index (χ4n) is 4.92. The Morgan fingerprint density at radius 1 is 0.742 bits per heavy atom. The van der Waals surface area contributed by atoms with Crippen LogP contribution in [0.1, 0.15) is 69.4 Å². The van der Waals surface area contributed by atoms with Crippen LogP contribution >= 0.6 is 7.92 Å². The van der Waals surface area contributed by atoms with E-state index in [9.17, 15) is 0 Å². The van der Waals surface area contributed by atoms with Crippen LogP contribution in [-0.4, -0.2) is 13.3 Å². The van der Waals surface area contributed by atoms with Gasteiger partial charge in [0, 0.05) is 0 Å². The zero-order chi connectivity index (χ0) is 22.6. The summed E-state index contributed by atoms with van der Waals surface area (Å²) < 4.78 is 0. The van der Waals surface area contributed by atoms with Gasteiger partial charge in [0.1, 0.15) is 0 Å². The maximum Gasteiger partial charge on any atom is -0.000707 e. The lowest BCUT2D eigenvalue weighted by Crippen LogP contribution is -2.13. The van der Waals surface area contributed by atoms with Crippen LogP contribution in [0.3, 0.4) is 0 Å². The molecule has 0 atom stereocenters. The van der Waals surface area contributed by atoms with E-state index in [0.29, 0.717) is 0 Å². The summed E-state index contributed by atoms with van der Waals surface area (Å²) in [4.78, 5) is 0. The van der Waals surface area contributed by atoms with Gasteiger partial charge < -0.3 is 0 Å². The maximum absolute atomic E-state index is 2.47. The van der Waals surface area contributed by atoms with Crippen molar-refractivity contribution in [2.45, 2.75) is 65.0 Å². The Morgan fingerprint density at radius 2 is 1.42 bits per heavy atom. The van der Waals surface area contributed by atoms with Gasteiger partial charge in [0.15, 0.2) is 0 Å². The van der Waals surface area contributed by atoms with Gasteiger partial charge >= 0.3 is 0 Å². The molecule has 162 valence electrons. The van der Waals surface area contributed by atoms with E-state index in [-0.39, 0.29) is 18.8 Å². The molecule has 0 unspecified atom stereocenters. The van der Waals surface area contributed by atoms with Crippen molar-refractivity contribution in [2.24, 2.45) is 0 Å². The number of hydrogen-bond donors (Lipinski definition) is 0. The Hall–Kier alpha value is -1.91. The molecule has 3 aromatic carbocycles. The van der Waals surface area contributed by atoms with E-state index in [1.165, 1.54) is 56.2 Å². The lowest BCUT2D eigenvalue weighted by Gasteiger charge is -2.25. The first-order chi connectivity index (χ1) is 14.5. The van der Waals surface area contributed by atoms with Crippen LogP contribution in [0.15, 0.2) is 54.6 Å². The molecule has 0 amide bonds. The van der Waals surface area contributed by atoms with Crippen LogP contribution in [0, 0.1) is 0 Å². The number of rotatable bonds is 3. The number of fused-ring (bicyclic) bond motifs is 3. The first-order valence-corrected chi connectivity index (χ1v) is 13.9. The Bertz CT molecular complexity index is 1120. The monoisotopic (exact) mass is 428 g/mol. The Kier molecular flexibility index (Phi) is 5.68. The molecule has 1 heteroatoms. The van der Waals surface area contributed by atoms with Crippen molar-refractivity contribution >= 4 is 7.92 Å². The summed E-state index contributed by atoms with van der Waals surface area (Å²) >= 11 is 0. The second-order valence-electron chi connectivity index (χ2n) is 11.5. The highest BCUT2D eigenvalue weighted by atomic mass is 31.1. The molecule has 1 aliphatic rings. The van der Waals surface area contributed by atoms with Crippen molar-refractivity contribution < 1.29 is 0 Å². The molecule has 0 saturated carbocycles. The fourth-order valence-corrected chi connectivity index (χ4v) is 5.88. The molecule has 0 saturated heterocycles. The highest BCUT2D eigenvalue weighted by molar-refractivity contribution is 7.55. The summed E-state index contributed by atoms with van der Waals surface area (Å²) in [6.45, 7) is 18.7. The highest BCUT2D eigenvalue weighted by Gasteiger charge is 2.30. The smallest absolute Gasteiger partial charge is 0.000707 e. The van der Waals surface area contributed by atoms with Crippen molar-refractivity contribution in [1.82, 2.24) is 0 Å². The van der Waals surface area contributed by atoms with Crippen molar-refractivity contribution in [1.29, 1.82) is 0 Å². The SMILES string of the molecule is CP(C)Cc1ccccc1-c1ccc(C(C)(C)C)c2c1Cc1cc(C(C)(C)C)ccc1-2. The standard InChI is InChI=1S/C30H37P/c1-29(2,3)22-13-14-24-21(17-22)18-26-25(15-16-27(28(24)26)30(4,5)6)23-12-10-9-11-20(23)19-31(7)8/h9-17H,18-19H2,1-8H3. The van der Waals surface area contributed by atoms with Gasteiger partial charge in [0.25, 0.3) is 0 Å². The van der Waals surface area contributed by atoms with E-state index in [1.54, 1.807) is 0 Å². The summed E-state index contributed by atoms with van der Waals surface area (Å²) in [6, 6.07) is 21.1. The zero-order valence-electron chi connectivity index (χ0n) is 20.6. The van der Waals surface area contributed by atoms with E-state index >= 15 is 0 Å². The Labute approximate surface area is 190 Å². The summed E-state index contributed by atoms with van der Waals surface area (Å²) in [5.41, 5.74) is 13.5. The molecule has 0 bridgehead atoms. The summed E-state index contributed by atoms with van der Waals surface area (Å²) in [5, 5.41) is 0. The molecule has 3 aromatic rings. The van der Waals surface area contributed by atoms with Gasteiger partial charge in [-0.3, -0.25) is 0 Å². The third kappa shape index (κ3) is 4.25. The van der Waals surface area contributed by atoms with E-state index in [2.05, 4.69) is 109 Å². The minimum Gasteiger partial charge on any atom is -0.109 e. The third-order valence-electron chi connectivity index (χ3n) is 6.52. The van der Waals surface area contributed by atoms with Crippen LogP contribution < -0.4 is 0 Å². The third-order valence-corrected chi connectivity index (χ3v) is 7.50. The number of hydrogen-bond acceptors (Lipinski definition) is 0. The van der Waals surface area contributed by atoms with Crippen LogP contribution in [0.4, 0.5) is 0 Å². The molecule has 0 radical (unpaired) electrons. The quantitative estimate of drug-likeness (QED) is 0.286. The van der Waals surface area contributed by atoms with Crippen LogP contribution in [0.5, 0.6) is 0 Å². The van der Waals surface area contributed by atoms with Crippen molar-refractivity contribution in [3.63, 3.8) is 0 Å². The molecule has 0 spiro atoms. The van der Waals surface area contributed by atoms with Gasteiger partial charge in [-0.05, 0) is 86.8 Å². The average molecular weight is 429 g/mol. The van der Waals surface area contributed by atoms with Gasteiger partial charge in [0.2, 0.25) is 0 Å². The normalized spacial score (nSPS) is 13.5. The molecular formula is C30H37P. The number of benzene rings is 3. The molecule has 0 N–H and O–H groups in total. The first kappa shape index (κ1) is 22.3. The molecule has 0 fully saturated rings. The minimum absolute atomic E-state index is 0.0220. The van der Waals surface area contributed by atoms with Gasteiger partial charge in [-0.15, -0.1) is 7.92 Å². The summed E-state index contributed by atoms with van der Waals surface area (Å²) in [5.74, 6) is 0. The highest BCUT2D eigenvalue weighted by Crippen LogP contribution is 2.48. The van der Waals surface area contributed by atoms with E-state index in [0.717, 1.165) is 6.42 Å². The predicted octanol–water partition coefficient (Wildman–Crippen LogP) is 8.76. The fraction of sp³-hybridized carbons (Fsp3) is 0.400. The first-order valence-electron chi connectivity index (χ1n) is 11.5. The van der Waals surface area contributed by atoms with Gasteiger partial charge in [0.05, 0.1) is 0 Å². The lowest BCUT2D eigenvalue weighted by molar-refractivity contribution is 0.589. The predicted molar refractivity (Wildman–Crippen MR) is 140 cm³/mol. The maximum atomic E-state index is 2.47. The minimum atomic E-state index is 0.0220. The molecule has 0 aromatic heterocycles. The molecule has 31 heavy (non-hydrogen) atoms. The van der Waals surface area contributed by atoms with Crippen LogP contribution in [0.2, 0.25) is 0 Å². The zero-order valence-corrected chi connectivity index (χ0v) is 21.5. The van der Waals surface area contributed by atoms with Gasteiger partial charge in [-0.25, -0.2) is 0 Å². The summed E-state index contributed by atoms with van der Waals surface area (Å²) in [6.07, 6.45) is 2.22. The Balaban J connectivity index is 1.95. The van der Waals surface area contributed by atoms with Crippen LogP contribution in [0.25, 0.3) is 22.3 Å². The second-order valence-corrected chi connectivity index (χ2v) is 13.9. The summed E-state index contributed by atoms with van der Waals surface area (Å²) in [7, 11) is 0.0220. The van der Waals surface area contributed by atoms with Gasteiger partial charge in [-0.2, -0.15) is 0 Å². The average Bonchev–Trinajstić information content (AvgIpc) is 3.04.